The van der Waals surface area contributed by atoms with Gasteiger partial charge in [-0.15, -0.1) is 0 Å². The molecule has 2 heteroatoms. The van der Waals surface area contributed by atoms with E-state index in [0.29, 0.717) is 0 Å². The van der Waals surface area contributed by atoms with Gasteiger partial charge in [0.2, 0.25) is 0 Å². The Kier molecular flexibility index (Phi) is 4.03. The van der Waals surface area contributed by atoms with Crippen molar-refractivity contribution in [2.45, 2.75) is 0 Å². The predicted molar refractivity (Wildman–Crippen MR) is 133 cm³/mol. The number of nitrogens with one attached hydrogen (secondary N) is 1. The summed E-state index contributed by atoms with van der Waals surface area (Å²) in [6.45, 7) is 0. The molecule has 0 amide bonds. The van der Waals surface area contributed by atoms with Crippen molar-refractivity contribution in [2.75, 3.05) is 12.4 Å². The van der Waals surface area contributed by atoms with Crippen LogP contribution in [0.4, 0.5) is 5.69 Å². The lowest BCUT2D eigenvalue weighted by Gasteiger charge is -2.09. The van der Waals surface area contributed by atoms with Crippen LogP contribution in [0.1, 0.15) is 0 Å². The van der Waals surface area contributed by atoms with Crippen molar-refractivity contribution < 1.29 is 0 Å². The summed E-state index contributed by atoms with van der Waals surface area (Å²) in [6.07, 6.45) is 0. The summed E-state index contributed by atoms with van der Waals surface area (Å²) in [6, 6.07) is 39.3. The number of benzene rings is 5. The lowest BCUT2D eigenvalue weighted by atomic mass is 10.0. The minimum absolute atomic E-state index is 1.12. The topological polar surface area (TPSA) is 17.0 Å². The molecule has 0 fully saturated rings. The van der Waals surface area contributed by atoms with Gasteiger partial charge in [0.05, 0.1) is 11.0 Å². The highest BCUT2D eigenvalue weighted by Crippen LogP contribution is 2.37. The maximum Gasteiger partial charge on any atom is 0.0547 e. The third-order valence-corrected chi connectivity index (χ3v) is 6.16. The monoisotopic (exact) mass is 398 g/mol. The molecule has 5 aromatic carbocycles. The van der Waals surface area contributed by atoms with E-state index >= 15 is 0 Å². The number of hydrogen-bond donors (Lipinski definition) is 1. The number of anilines is 1. The molecule has 6 aromatic rings. The highest BCUT2D eigenvalue weighted by Gasteiger charge is 2.14. The molecule has 6 rings (SSSR count). The number of nitrogens with zero attached hydrogens (tertiary/aromatic N) is 1. The minimum Gasteiger partial charge on any atom is -0.388 e. The Morgan fingerprint density at radius 1 is 0.548 bits per heavy atom. The van der Waals surface area contributed by atoms with Crippen LogP contribution in [0.2, 0.25) is 0 Å². The Morgan fingerprint density at radius 2 is 1.19 bits per heavy atom. The fourth-order valence-electron chi connectivity index (χ4n) is 4.57. The molecule has 1 N–H and O–H groups in total. The normalized spacial score (nSPS) is 11.4. The third kappa shape index (κ3) is 2.88. The molecule has 0 aliphatic rings. The Morgan fingerprint density at radius 3 is 1.94 bits per heavy atom. The molecular weight excluding hydrogens is 376 g/mol. The van der Waals surface area contributed by atoms with Crippen LogP contribution in [0, 0.1) is 0 Å². The minimum atomic E-state index is 1.12. The van der Waals surface area contributed by atoms with Gasteiger partial charge in [-0.2, -0.15) is 0 Å². The van der Waals surface area contributed by atoms with E-state index in [4.69, 9.17) is 0 Å². The molecular formula is C29H22N2. The molecule has 0 unspecified atom stereocenters. The van der Waals surface area contributed by atoms with Crippen molar-refractivity contribution in [1.29, 1.82) is 0 Å². The van der Waals surface area contributed by atoms with Crippen LogP contribution in [0.5, 0.6) is 0 Å². The molecule has 0 saturated heterocycles. The molecule has 2 nitrogen and oxygen atoms in total. The van der Waals surface area contributed by atoms with E-state index < -0.39 is 0 Å². The lowest BCUT2D eigenvalue weighted by Crippen LogP contribution is -1.93. The van der Waals surface area contributed by atoms with Gasteiger partial charge in [0.1, 0.15) is 0 Å². The zero-order chi connectivity index (χ0) is 20.8. The SMILES string of the molecule is CNc1ccc(-c2ccc3c4cc5ccccc5cc4n(-c4ccccc4)c3c2)cc1. The average Bonchev–Trinajstić information content (AvgIpc) is 3.15. The van der Waals surface area contributed by atoms with E-state index in [0.717, 1.165) is 5.69 Å². The molecule has 0 spiro atoms. The summed E-state index contributed by atoms with van der Waals surface area (Å²) < 4.78 is 2.39. The smallest absolute Gasteiger partial charge is 0.0547 e. The van der Waals surface area contributed by atoms with Gasteiger partial charge in [-0.3, -0.25) is 0 Å². The summed E-state index contributed by atoms with van der Waals surface area (Å²) in [5.41, 5.74) is 7.21. The predicted octanol–water partition coefficient (Wildman–Crippen LogP) is 7.65. The first kappa shape index (κ1) is 17.8. The number of hydrogen-bond acceptors (Lipinski definition) is 1. The van der Waals surface area contributed by atoms with Crippen LogP contribution in [-0.4, -0.2) is 11.6 Å². The zero-order valence-corrected chi connectivity index (χ0v) is 17.3. The van der Waals surface area contributed by atoms with Crippen molar-refractivity contribution in [3.8, 4) is 16.8 Å². The first-order valence-corrected chi connectivity index (χ1v) is 10.6. The van der Waals surface area contributed by atoms with Gasteiger partial charge < -0.3 is 9.88 Å². The molecule has 1 aromatic heterocycles. The standard InChI is InChI=1S/C29H22N2/c1-30-24-14-11-20(12-15-24)23-13-16-26-27-17-21-7-5-6-8-22(21)18-29(27)31(28(26)19-23)25-9-3-2-4-10-25/h2-19,30H,1H3. The van der Waals surface area contributed by atoms with Gasteiger partial charge in [0.15, 0.2) is 0 Å². The van der Waals surface area contributed by atoms with Crippen LogP contribution in [0.15, 0.2) is 109 Å². The van der Waals surface area contributed by atoms with Gasteiger partial charge in [-0.1, -0.05) is 66.7 Å². The van der Waals surface area contributed by atoms with Crippen LogP contribution in [0.25, 0.3) is 49.4 Å². The number of fused-ring (bicyclic) bond motifs is 4. The molecule has 0 saturated carbocycles. The van der Waals surface area contributed by atoms with Gasteiger partial charge in [-0.05, 0) is 64.4 Å². The van der Waals surface area contributed by atoms with E-state index in [1.807, 2.05) is 7.05 Å². The molecule has 31 heavy (non-hydrogen) atoms. The molecule has 148 valence electrons. The zero-order valence-electron chi connectivity index (χ0n) is 17.3. The molecule has 0 radical (unpaired) electrons. The van der Waals surface area contributed by atoms with E-state index in [1.165, 1.54) is 49.4 Å². The van der Waals surface area contributed by atoms with E-state index in [9.17, 15) is 0 Å². The Hall–Kier alpha value is -4.04. The lowest BCUT2D eigenvalue weighted by molar-refractivity contribution is 1.18. The van der Waals surface area contributed by atoms with Crippen molar-refractivity contribution in [1.82, 2.24) is 4.57 Å². The Labute approximate surface area is 181 Å². The fraction of sp³-hybridized carbons (Fsp3) is 0.0345. The summed E-state index contributed by atoms with van der Waals surface area (Å²) in [7, 11) is 1.95. The van der Waals surface area contributed by atoms with E-state index in [2.05, 4.69) is 119 Å². The molecule has 0 atom stereocenters. The first-order chi connectivity index (χ1) is 15.3. The van der Waals surface area contributed by atoms with Crippen molar-refractivity contribution in [3.05, 3.63) is 109 Å². The maximum atomic E-state index is 3.20. The van der Waals surface area contributed by atoms with Gasteiger partial charge in [-0.25, -0.2) is 0 Å². The Bertz CT molecular complexity index is 1540. The second-order valence-electron chi connectivity index (χ2n) is 7.95. The molecule has 0 aliphatic carbocycles. The fourth-order valence-corrected chi connectivity index (χ4v) is 4.57. The van der Waals surface area contributed by atoms with Crippen molar-refractivity contribution in [3.63, 3.8) is 0 Å². The number of para-hydroxylation sites is 1. The largest absolute Gasteiger partial charge is 0.388 e. The highest BCUT2D eigenvalue weighted by atomic mass is 15.0. The summed E-state index contributed by atoms with van der Waals surface area (Å²) in [5.74, 6) is 0. The first-order valence-electron chi connectivity index (χ1n) is 10.6. The van der Waals surface area contributed by atoms with Crippen molar-refractivity contribution in [2.24, 2.45) is 0 Å². The molecule has 0 aliphatic heterocycles. The summed E-state index contributed by atoms with van der Waals surface area (Å²) in [4.78, 5) is 0. The number of rotatable bonds is 3. The molecule has 1 heterocycles. The van der Waals surface area contributed by atoms with Gasteiger partial charge >= 0.3 is 0 Å². The average molecular weight is 399 g/mol. The quantitative estimate of drug-likeness (QED) is 0.324. The van der Waals surface area contributed by atoms with Gasteiger partial charge in [0.25, 0.3) is 0 Å². The van der Waals surface area contributed by atoms with E-state index in [-0.39, 0.29) is 0 Å². The van der Waals surface area contributed by atoms with Crippen LogP contribution in [0.3, 0.4) is 0 Å². The maximum absolute atomic E-state index is 3.20. The third-order valence-electron chi connectivity index (χ3n) is 6.16. The second-order valence-corrected chi connectivity index (χ2v) is 7.95. The number of aromatic nitrogens is 1. The van der Waals surface area contributed by atoms with Crippen LogP contribution in [-0.2, 0) is 0 Å². The highest BCUT2D eigenvalue weighted by molar-refractivity contribution is 6.14. The summed E-state index contributed by atoms with van der Waals surface area (Å²) >= 11 is 0. The van der Waals surface area contributed by atoms with E-state index in [1.54, 1.807) is 0 Å². The second kappa shape index (κ2) is 7.03. The van der Waals surface area contributed by atoms with Gasteiger partial charge in [0, 0.05) is 29.2 Å². The Balaban J connectivity index is 1.69. The molecule has 0 bridgehead atoms. The summed E-state index contributed by atoms with van der Waals surface area (Å²) in [5, 5.41) is 8.29. The van der Waals surface area contributed by atoms with Crippen LogP contribution >= 0.6 is 0 Å². The van der Waals surface area contributed by atoms with Crippen LogP contribution < -0.4 is 5.32 Å². The van der Waals surface area contributed by atoms with Crippen molar-refractivity contribution >= 4 is 38.3 Å².